The van der Waals surface area contributed by atoms with Crippen LogP contribution in [0.25, 0.3) is 6.20 Å². The van der Waals surface area contributed by atoms with Crippen molar-refractivity contribution in [3.8, 4) is 0 Å². The number of nitrogens with one attached hydrogen (secondary N) is 1. The zero-order valence-electron chi connectivity index (χ0n) is 10.9. The number of aliphatic hydroxyl groups excluding tert-OH is 1. The van der Waals surface area contributed by atoms with Crippen LogP contribution in [-0.4, -0.2) is 27.5 Å². The Labute approximate surface area is 113 Å². The Kier molecular flexibility index (Phi) is 4.89. The van der Waals surface area contributed by atoms with Gasteiger partial charge < -0.3 is 10.4 Å². The minimum Gasteiger partial charge on any atom is -0.395 e. The summed E-state index contributed by atoms with van der Waals surface area (Å²) in [5.41, 5.74) is 2.29. The van der Waals surface area contributed by atoms with Gasteiger partial charge in [-0.25, -0.2) is 4.68 Å². The van der Waals surface area contributed by atoms with Crippen LogP contribution < -0.4 is 5.32 Å². The van der Waals surface area contributed by atoms with Crippen molar-refractivity contribution in [2.75, 3.05) is 6.61 Å². The lowest BCUT2D eigenvalue weighted by molar-refractivity contribution is 0.241. The normalized spacial score (nSPS) is 12.3. The Morgan fingerprint density at radius 1 is 1.32 bits per heavy atom. The molecule has 0 unspecified atom stereocenters. The van der Waals surface area contributed by atoms with Crippen LogP contribution in [0.1, 0.15) is 11.1 Å². The smallest absolute Gasteiger partial charge is 0.0587 e. The second-order valence-corrected chi connectivity index (χ2v) is 4.46. The van der Waals surface area contributed by atoms with E-state index in [1.807, 2.05) is 24.4 Å². The molecule has 1 atom stereocenters. The van der Waals surface area contributed by atoms with Crippen molar-refractivity contribution in [1.82, 2.24) is 15.1 Å². The van der Waals surface area contributed by atoms with Gasteiger partial charge in [0.1, 0.15) is 0 Å². The highest BCUT2D eigenvalue weighted by Crippen LogP contribution is 2.04. The van der Waals surface area contributed by atoms with Crippen LogP contribution >= 0.6 is 0 Å². The molecule has 1 heterocycles. The highest BCUT2D eigenvalue weighted by molar-refractivity contribution is 5.18. The summed E-state index contributed by atoms with van der Waals surface area (Å²) in [6.45, 7) is 4.45. The summed E-state index contributed by atoms with van der Waals surface area (Å²) in [6.07, 6.45) is 6.17. The molecule has 0 bridgehead atoms. The van der Waals surface area contributed by atoms with Crippen molar-refractivity contribution in [2.45, 2.75) is 19.0 Å². The molecule has 19 heavy (non-hydrogen) atoms. The van der Waals surface area contributed by atoms with Gasteiger partial charge >= 0.3 is 0 Å². The molecule has 0 amide bonds. The summed E-state index contributed by atoms with van der Waals surface area (Å²) in [5.74, 6) is 0. The van der Waals surface area contributed by atoms with E-state index in [9.17, 15) is 5.11 Å². The molecule has 0 aliphatic heterocycles. The summed E-state index contributed by atoms with van der Waals surface area (Å²) in [5, 5.41) is 16.9. The van der Waals surface area contributed by atoms with Gasteiger partial charge in [-0.3, -0.25) is 0 Å². The lowest BCUT2D eigenvalue weighted by Gasteiger charge is -2.15. The second kappa shape index (κ2) is 6.87. The van der Waals surface area contributed by atoms with Gasteiger partial charge in [-0.1, -0.05) is 36.9 Å². The highest BCUT2D eigenvalue weighted by atomic mass is 16.3. The van der Waals surface area contributed by atoms with Crippen LogP contribution in [0, 0.1) is 0 Å². The summed E-state index contributed by atoms with van der Waals surface area (Å²) < 4.78 is 1.67. The van der Waals surface area contributed by atoms with Crippen LogP contribution in [0.3, 0.4) is 0 Å². The van der Waals surface area contributed by atoms with Crippen molar-refractivity contribution in [2.24, 2.45) is 0 Å². The zero-order chi connectivity index (χ0) is 13.5. The van der Waals surface area contributed by atoms with Crippen LogP contribution in [0.5, 0.6) is 0 Å². The molecular formula is C15H19N3O. The summed E-state index contributed by atoms with van der Waals surface area (Å²) in [6, 6.07) is 10.2. The third kappa shape index (κ3) is 4.05. The minimum absolute atomic E-state index is 0.0504. The van der Waals surface area contributed by atoms with Crippen molar-refractivity contribution in [1.29, 1.82) is 0 Å². The van der Waals surface area contributed by atoms with Crippen molar-refractivity contribution in [3.63, 3.8) is 0 Å². The maximum absolute atomic E-state index is 9.42. The van der Waals surface area contributed by atoms with Gasteiger partial charge in [0.15, 0.2) is 0 Å². The molecule has 4 heteroatoms. The predicted molar refractivity (Wildman–Crippen MR) is 76.5 cm³/mol. The van der Waals surface area contributed by atoms with Crippen LogP contribution in [0.2, 0.25) is 0 Å². The average Bonchev–Trinajstić information content (AvgIpc) is 2.92. The van der Waals surface area contributed by atoms with E-state index in [4.69, 9.17) is 0 Å². The fourth-order valence-electron chi connectivity index (χ4n) is 1.93. The van der Waals surface area contributed by atoms with Crippen LogP contribution in [0.4, 0.5) is 0 Å². The third-order valence-corrected chi connectivity index (χ3v) is 2.98. The Balaban J connectivity index is 1.87. The molecule has 1 aromatic heterocycles. The number of aliphatic hydroxyl groups is 1. The van der Waals surface area contributed by atoms with Crippen LogP contribution in [-0.2, 0) is 13.0 Å². The first-order chi connectivity index (χ1) is 9.31. The van der Waals surface area contributed by atoms with Crippen LogP contribution in [0.15, 0.2) is 49.3 Å². The maximum atomic E-state index is 9.42. The van der Waals surface area contributed by atoms with Crippen molar-refractivity contribution in [3.05, 3.63) is 60.4 Å². The molecule has 0 spiro atoms. The van der Waals surface area contributed by atoms with E-state index >= 15 is 0 Å². The topological polar surface area (TPSA) is 50.1 Å². The summed E-state index contributed by atoms with van der Waals surface area (Å²) in [4.78, 5) is 0. The number of rotatable bonds is 7. The molecule has 0 aliphatic carbocycles. The first-order valence-corrected chi connectivity index (χ1v) is 6.35. The number of benzene rings is 1. The lowest BCUT2D eigenvalue weighted by atomic mass is 10.1. The number of aromatic nitrogens is 2. The van der Waals surface area contributed by atoms with E-state index < -0.39 is 0 Å². The molecule has 0 aliphatic rings. The van der Waals surface area contributed by atoms with Gasteiger partial charge in [0, 0.05) is 30.5 Å². The second-order valence-electron chi connectivity index (χ2n) is 4.46. The van der Waals surface area contributed by atoms with Gasteiger partial charge in [0.05, 0.1) is 12.8 Å². The van der Waals surface area contributed by atoms with Gasteiger partial charge in [0.2, 0.25) is 0 Å². The Morgan fingerprint density at radius 3 is 2.74 bits per heavy atom. The van der Waals surface area contributed by atoms with Gasteiger partial charge in [-0.15, -0.1) is 0 Å². The quantitative estimate of drug-likeness (QED) is 0.793. The number of hydrogen-bond donors (Lipinski definition) is 2. The van der Waals surface area contributed by atoms with Crippen molar-refractivity contribution < 1.29 is 5.11 Å². The van der Waals surface area contributed by atoms with E-state index in [0.717, 1.165) is 12.0 Å². The molecule has 4 nitrogen and oxygen atoms in total. The standard InChI is InChI=1S/C15H19N3O/c1-2-18-11-14(10-17-18)9-16-15(12-19)8-13-6-4-3-5-7-13/h2-7,10-11,15-16,19H,1,8-9,12H2/t15-/m1/s1. The molecule has 0 saturated heterocycles. The van der Waals surface area contributed by atoms with E-state index in [0.29, 0.717) is 6.54 Å². The molecule has 100 valence electrons. The molecule has 2 aromatic rings. The van der Waals surface area contributed by atoms with E-state index in [1.54, 1.807) is 17.1 Å². The van der Waals surface area contributed by atoms with E-state index in [-0.39, 0.29) is 12.6 Å². The van der Waals surface area contributed by atoms with Gasteiger partial charge in [-0.2, -0.15) is 5.10 Å². The molecule has 0 fully saturated rings. The monoisotopic (exact) mass is 257 g/mol. The molecule has 2 N–H and O–H groups in total. The summed E-state index contributed by atoms with van der Waals surface area (Å²) >= 11 is 0. The van der Waals surface area contributed by atoms with E-state index in [2.05, 4.69) is 29.1 Å². The molecule has 1 aromatic carbocycles. The molecular weight excluding hydrogens is 238 g/mol. The average molecular weight is 257 g/mol. The Hall–Kier alpha value is -1.91. The molecule has 2 rings (SSSR count). The fraction of sp³-hybridized carbons (Fsp3) is 0.267. The zero-order valence-corrected chi connectivity index (χ0v) is 10.9. The summed E-state index contributed by atoms with van der Waals surface area (Å²) in [7, 11) is 0. The molecule has 0 saturated carbocycles. The first-order valence-electron chi connectivity index (χ1n) is 6.35. The van der Waals surface area contributed by atoms with Gasteiger partial charge in [-0.05, 0) is 12.0 Å². The predicted octanol–water partition coefficient (Wildman–Crippen LogP) is 1.68. The number of hydrogen-bond acceptors (Lipinski definition) is 3. The Morgan fingerprint density at radius 2 is 2.11 bits per heavy atom. The SMILES string of the molecule is C=Cn1cc(CN[C@@H](CO)Cc2ccccc2)cn1. The molecule has 0 radical (unpaired) electrons. The van der Waals surface area contributed by atoms with E-state index in [1.165, 1.54) is 5.56 Å². The third-order valence-electron chi connectivity index (χ3n) is 2.98. The lowest BCUT2D eigenvalue weighted by Crippen LogP contribution is -2.33. The first kappa shape index (κ1) is 13.5. The Bertz CT molecular complexity index is 507. The number of nitrogens with zero attached hydrogens (tertiary/aromatic N) is 2. The van der Waals surface area contributed by atoms with Crippen molar-refractivity contribution >= 4 is 6.20 Å². The highest BCUT2D eigenvalue weighted by Gasteiger charge is 2.08. The minimum atomic E-state index is 0.0504. The largest absolute Gasteiger partial charge is 0.395 e. The fourth-order valence-corrected chi connectivity index (χ4v) is 1.93. The maximum Gasteiger partial charge on any atom is 0.0587 e. The van der Waals surface area contributed by atoms with Gasteiger partial charge in [0.25, 0.3) is 0 Å².